The topological polar surface area (TPSA) is 62.2 Å². The smallest absolute Gasteiger partial charge is 0.410 e. The molecule has 27 heavy (non-hydrogen) atoms. The zero-order chi connectivity index (χ0) is 20.0. The minimum absolute atomic E-state index is 0.193. The molecule has 1 aromatic rings. The molecule has 1 heterocycles. The van der Waals surface area contributed by atoms with E-state index in [1.54, 1.807) is 18.2 Å². The normalized spacial score (nSPS) is 16.0. The highest BCUT2D eigenvalue weighted by molar-refractivity contribution is 6.08. The molecule has 0 aliphatic carbocycles. The second kappa shape index (κ2) is 8.79. The Morgan fingerprint density at radius 1 is 1.11 bits per heavy atom. The van der Waals surface area contributed by atoms with Gasteiger partial charge in [-0.2, -0.15) is 0 Å². The van der Waals surface area contributed by atoms with Crippen molar-refractivity contribution >= 4 is 18.2 Å². The minimum atomic E-state index is -0.505. The van der Waals surface area contributed by atoms with Crippen molar-refractivity contribution in [1.82, 2.24) is 9.80 Å². The first kappa shape index (κ1) is 20.6. The maximum absolute atomic E-state index is 12.9. The van der Waals surface area contributed by atoms with Gasteiger partial charge in [0.15, 0.2) is 5.78 Å². The second-order valence-corrected chi connectivity index (χ2v) is 7.42. The molecule has 0 atom stereocenters. The fourth-order valence-corrected chi connectivity index (χ4v) is 2.47. The fourth-order valence-electron chi connectivity index (χ4n) is 2.47. The quantitative estimate of drug-likeness (QED) is 0.350. The van der Waals surface area contributed by atoms with Crippen LogP contribution < -0.4 is 0 Å². The number of benzene rings is 1. The largest absolute Gasteiger partial charge is 0.444 e. The van der Waals surface area contributed by atoms with E-state index in [1.807, 2.05) is 25.7 Å². The third-order valence-electron chi connectivity index (χ3n) is 3.93. The van der Waals surface area contributed by atoms with Gasteiger partial charge in [-0.25, -0.2) is 14.2 Å². The average molecular weight is 375 g/mol. The molecule has 0 bridgehead atoms. The fraction of sp³-hybridized carbons (Fsp3) is 0.450. The van der Waals surface area contributed by atoms with Gasteiger partial charge in [-0.05, 0) is 52.0 Å². The number of halogens is 1. The van der Waals surface area contributed by atoms with E-state index in [-0.39, 0.29) is 17.7 Å². The summed E-state index contributed by atoms with van der Waals surface area (Å²) >= 11 is 0. The maximum atomic E-state index is 12.9. The zero-order valence-corrected chi connectivity index (χ0v) is 16.2. The van der Waals surface area contributed by atoms with Crippen LogP contribution in [0.1, 0.15) is 38.1 Å². The highest BCUT2D eigenvalue weighted by Gasteiger charge is 2.24. The predicted molar refractivity (Wildman–Crippen MR) is 102 cm³/mol. The van der Waals surface area contributed by atoms with E-state index in [0.29, 0.717) is 37.3 Å². The molecule has 0 radical (unpaired) electrons. The van der Waals surface area contributed by atoms with Crippen LogP contribution in [0.25, 0.3) is 0 Å². The lowest BCUT2D eigenvalue weighted by Crippen LogP contribution is -2.49. The van der Waals surface area contributed by atoms with Gasteiger partial charge in [-0.15, -0.1) is 0 Å². The summed E-state index contributed by atoms with van der Waals surface area (Å²) in [6.07, 6.45) is 2.85. The molecule has 0 N–H and O–H groups in total. The number of carbonyl (C=O) groups excluding carboxylic acids is 2. The Morgan fingerprint density at radius 2 is 1.70 bits per heavy atom. The van der Waals surface area contributed by atoms with Crippen molar-refractivity contribution in [3.8, 4) is 0 Å². The number of nitrogens with zero attached hydrogens (tertiary/aromatic N) is 3. The number of carbonyl (C=O) groups is 2. The van der Waals surface area contributed by atoms with Crippen molar-refractivity contribution in [2.75, 3.05) is 26.2 Å². The summed E-state index contributed by atoms with van der Waals surface area (Å²) in [4.78, 5) is 32.1. The lowest BCUT2D eigenvalue weighted by molar-refractivity contribution is 0.0189. The van der Waals surface area contributed by atoms with Crippen LogP contribution in [0.2, 0.25) is 0 Å². The predicted octanol–water partition coefficient (Wildman–Crippen LogP) is 3.49. The van der Waals surface area contributed by atoms with Gasteiger partial charge >= 0.3 is 6.09 Å². The lowest BCUT2D eigenvalue weighted by atomic mass is 10.1. The standard InChI is InChI=1S/C20H26FN3O3/c1-15(18(25)16-5-7-17(21)8-6-16)13-22-14-23-9-11-24(12-10-23)19(26)27-20(2,3)4/h5-8,13-14H,9-12H2,1-4H3/b15-13+,22-14?. The van der Waals surface area contributed by atoms with E-state index in [9.17, 15) is 14.0 Å². The minimum Gasteiger partial charge on any atom is -0.444 e. The van der Waals surface area contributed by atoms with E-state index in [4.69, 9.17) is 4.74 Å². The third kappa shape index (κ3) is 6.51. The lowest BCUT2D eigenvalue weighted by Gasteiger charge is -2.34. The van der Waals surface area contributed by atoms with Gasteiger partial charge in [-0.3, -0.25) is 4.79 Å². The number of ether oxygens (including phenoxy) is 1. The summed E-state index contributed by atoms with van der Waals surface area (Å²) in [5, 5.41) is 0. The van der Waals surface area contributed by atoms with E-state index >= 15 is 0 Å². The van der Waals surface area contributed by atoms with Gasteiger partial charge in [0.2, 0.25) is 0 Å². The van der Waals surface area contributed by atoms with Crippen LogP contribution >= 0.6 is 0 Å². The first-order valence-corrected chi connectivity index (χ1v) is 8.88. The van der Waals surface area contributed by atoms with Crippen LogP contribution in [0.3, 0.4) is 0 Å². The van der Waals surface area contributed by atoms with Crippen molar-refractivity contribution in [3.05, 3.63) is 47.4 Å². The molecule has 1 aliphatic heterocycles. The number of rotatable bonds is 4. The summed E-state index contributed by atoms with van der Waals surface area (Å²) in [6, 6.07) is 5.42. The van der Waals surface area contributed by atoms with E-state index in [2.05, 4.69) is 4.99 Å². The molecule has 7 heteroatoms. The van der Waals surface area contributed by atoms with Gasteiger partial charge in [0.05, 0.1) is 6.34 Å². The van der Waals surface area contributed by atoms with Gasteiger partial charge in [-0.1, -0.05) is 0 Å². The van der Waals surface area contributed by atoms with Crippen LogP contribution in [-0.4, -0.2) is 59.8 Å². The Kier molecular flexibility index (Phi) is 6.71. The molecule has 6 nitrogen and oxygen atoms in total. The molecule has 0 spiro atoms. The Bertz CT molecular complexity index is 728. The Morgan fingerprint density at radius 3 is 2.26 bits per heavy atom. The molecule has 0 saturated carbocycles. The Balaban J connectivity index is 1.85. The van der Waals surface area contributed by atoms with Gasteiger partial charge in [0.25, 0.3) is 0 Å². The van der Waals surface area contributed by atoms with E-state index in [1.165, 1.54) is 30.5 Å². The molecule has 146 valence electrons. The molecule has 1 amide bonds. The zero-order valence-electron chi connectivity index (χ0n) is 16.2. The van der Waals surface area contributed by atoms with Crippen LogP contribution in [-0.2, 0) is 4.74 Å². The molecular weight excluding hydrogens is 349 g/mol. The van der Waals surface area contributed by atoms with Crippen molar-refractivity contribution in [2.24, 2.45) is 4.99 Å². The number of hydrogen-bond acceptors (Lipinski definition) is 4. The van der Waals surface area contributed by atoms with Gasteiger partial charge in [0, 0.05) is 43.5 Å². The van der Waals surface area contributed by atoms with E-state index < -0.39 is 5.60 Å². The van der Waals surface area contributed by atoms with Crippen molar-refractivity contribution in [3.63, 3.8) is 0 Å². The highest BCUT2D eigenvalue weighted by atomic mass is 19.1. The number of amides is 1. The number of hydrogen-bond donors (Lipinski definition) is 0. The molecule has 1 aromatic carbocycles. The maximum Gasteiger partial charge on any atom is 0.410 e. The van der Waals surface area contributed by atoms with Gasteiger partial charge in [0.1, 0.15) is 11.4 Å². The molecule has 0 unspecified atom stereocenters. The summed E-state index contributed by atoms with van der Waals surface area (Å²) in [5.74, 6) is -0.571. The van der Waals surface area contributed by atoms with Crippen LogP contribution in [0.5, 0.6) is 0 Å². The number of allylic oxidation sites excluding steroid dienone is 1. The highest BCUT2D eigenvalue weighted by Crippen LogP contribution is 2.12. The van der Waals surface area contributed by atoms with E-state index in [0.717, 1.165) is 0 Å². The van der Waals surface area contributed by atoms with Crippen molar-refractivity contribution in [1.29, 1.82) is 0 Å². The summed E-state index contributed by atoms with van der Waals surface area (Å²) in [6.45, 7) is 9.59. The molecule has 0 aromatic heterocycles. The molecule has 1 aliphatic rings. The number of piperazine rings is 1. The third-order valence-corrected chi connectivity index (χ3v) is 3.93. The Hall–Kier alpha value is -2.70. The molecule has 1 saturated heterocycles. The summed E-state index contributed by atoms with van der Waals surface area (Å²) in [7, 11) is 0. The monoisotopic (exact) mass is 375 g/mol. The van der Waals surface area contributed by atoms with Crippen molar-refractivity contribution < 1.29 is 18.7 Å². The molecule has 1 fully saturated rings. The summed E-state index contributed by atoms with van der Waals surface area (Å²) < 4.78 is 18.3. The van der Waals surface area contributed by atoms with Gasteiger partial charge < -0.3 is 14.5 Å². The Labute approximate surface area is 159 Å². The molecule has 2 rings (SSSR count). The first-order valence-electron chi connectivity index (χ1n) is 8.88. The van der Waals surface area contributed by atoms with Crippen LogP contribution in [0.4, 0.5) is 9.18 Å². The van der Waals surface area contributed by atoms with Crippen LogP contribution in [0, 0.1) is 5.82 Å². The van der Waals surface area contributed by atoms with Crippen LogP contribution in [0.15, 0.2) is 41.0 Å². The summed E-state index contributed by atoms with van der Waals surface area (Å²) in [5.41, 5.74) is 0.381. The number of ketones is 1. The SMILES string of the molecule is C/C(=C\N=CN1CCN(C(=O)OC(C)(C)C)CC1)C(=O)c1ccc(F)cc1. The number of aliphatic imine (C=N–C) groups is 1. The number of Topliss-reactive ketones (excluding diaryl/α,β-unsaturated/α-hetero) is 1. The first-order chi connectivity index (χ1) is 12.7. The average Bonchev–Trinajstić information content (AvgIpc) is 2.60. The molecular formula is C20H26FN3O3. The van der Waals surface area contributed by atoms with Crippen molar-refractivity contribution in [2.45, 2.75) is 33.3 Å². The second-order valence-electron chi connectivity index (χ2n) is 7.42.